The van der Waals surface area contributed by atoms with Gasteiger partial charge in [0.15, 0.2) is 0 Å². The van der Waals surface area contributed by atoms with Gasteiger partial charge in [0.25, 0.3) is 0 Å². The van der Waals surface area contributed by atoms with E-state index in [-0.39, 0.29) is 5.95 Å². The van der Waals surface area contributed by atoms with Crippen molar-refractivity contribution in [3.05, 3.63) is 22.4 Å². The van der Waals surface area contributed by atoms with E-state index in [1.165, 1.54) is 0 Å². The number of aryl methyl sites for hydroxylation is 1. The van der Waals surface area contributed by atoms with Gasteiger partial charge in [0.1, 0.15) is 5.82 Å². The monoisotopic (exact) mass is 264 g/mol. The number of nitrogens with one attached hydrogen (secondary N) is 1. The SMILES string of the molecule is CCCc1nc(N)nc(NCCc2nccs2)n1. The molecule has 0 radical (unpaired) electrons. The van der Waals surface area contributed by atoms with Crippen LogP contribution in [0, 0.1) is 0 Å². The first-order valence-corrected chi connectivity index (χ1v) is 6.78. The lowest BCUT2D eigenvalue weighted by molar-refractivity contribution is 0.819. The molecule has 0 aliphatic carbocycles. The normalized spacial score (nSPS) is 10.5. The van der Waals surface area contributed by atoms with Gasteiger partial charge < -0.3 is 11.1 Å². The summed E-state index contributed by atoms with van der Waals surface area (Å²) in [5, 5.41) is 6.21. The van der Waals surface area contributed by atoms with Crippen LogP contribution in [-0.2, 0) is 12.8 Å². The van der Waals surface area contributed by atoms with Crippen LogP contribution in [0.4, 0.5) is 11.9 Å². The highest BCUT2D eigenvalue weighted by atomic mass is 32.1. The van der Waals surface area contributed by atoms with E-state index in [1.54, 1.807) is 17.5 Å². The van der Waals surface area contributed by atoms with Gasteiger partial charge >= 0.3 is 0 Å². The van der Waals surface area contributed by atoms with E-state index in [9.17, 15) is 0 Å². The van der Waals surface area contributed by atoms with Gasteiger partial charge in [-0.2, -0.15) is 15.0 Å². The zero-order valence-corrected chi connectivity index (χ0v) is 11.1. The zero-order chi connectivity index (χ0) is 12.8. The smallest absolute Gasteiger partial charge is 0.227 e. The molecule has 0 saturated carbocycles. The van der Waals surface area contributed by atoms with E-state index in [1.807, 2.05) is 5.38 Å². The molecule has 0 atom stereocenters. The second-order valence-corrected chi connectivity index (χ2v) is 4.77. The number of nitrogens with two attached hydrogens (primary N) is 1. The van der Waals surface area contributed by atoms with Crippen LogP contribution in [0.2, 0.25) is 0 Å². The third kappa shape index (κ3) is 3.63. The molecule has 0 fully saturated rings. The van der Waals surface area contributed by atoms with Crippen molar-refractivity contribution >= 4 is 23.2 Å². The maximum absolute atomic E-state index is 5.64. The molecular formula is C11H16N6S. The van der Waals surface area contributed by atoms with Gasteiger partial charge in [-0.05, 0) is 6.42 Å². The quantitative estimate of drug-likeness (QED) is 0.822. The Hall–Kier alpha value is -1.76. The standard InChI is InChI=1S/C11H16N6S/c1-2-3-8-15-10(12)17-11(16-8)14-5-4-9-13-6-7-18-9/h6-7H,2-5H2,1H3,(H3,12,14,15,16,17). The number of hydrogen-bond acceptors (Lipinski definition) is 7. The fourth-order valence-electron chi connectivity index (χ4n) is 1.51. The second-order valence-electron chi connectivity index (χ2n) is 3.79. The average Bonchev–Trinajstić information content (AvgIpc) is 2.82. The van der Waals surface area contributed by atoms with E-state index >= 15 is 0 Å². The summed E-state index contributed by atoms with van der Waals surface area (Å²) in [4.78, 5) is 16.7. The Balaban J connectivity index is 1.92. The lowest BCUT2D eigenvalue weighted by Gasteiger charge is -2.05. The highest BCUT2D eigenvalue weighted by molar-refractivity contribution is 7.09. The number of nitrogen functional groups attached to an aromatic ring is 1. The van der Waals surface area contributed by atoms with Crippen LogP contribution in [-0.4, -0.2) is 26.5 Å². The maximum atomic E-state index is 5.64. The average molecular weight is 264 g/mol. The highest BCUT2D eigenvalue weighted by Crippen LogP contribution is 2.07. The molecule has 0 saturated heterocycles. The minimum absolute atomic E-state index is 0.269. The van der Waals surface area contributed by atoms with E-state index in [0.717, 1.165) is 36.6 Å². The number of thiazole rings is 1. The largest absolute Gasteiger partial charge is 0.368 e. The molecule has 0 amide bonds. The maximum Gasteiger partial charge on any atom is 0.227 e. The van der Waals surface area contributed by atoms with Gasteiger partial charge in [0, 0.05) is 31.0 Å². The molecule has 0 aromatic carbocycles. The van der Waals surface area contributed by atoms with Gasteiger partial charge in [-0.15, -0.1) is 11.3 Å². The van der Waals surface area contributed by atoms with Crippen LogP contribution in [0.1, 0.15) is 24.2 Å². The minimum Gasteiger partial charge on any atom is -0.368 e. The van der Waals surface area contributed by atoms with Gasteiger partial charge in [-0.1, -0.05) is 6.92 Å². The summed E-state index contributed by atoms with van der Waals surface area (Å²) in [7, 11) is 0. The van der Waals surface area contributed by atoms with Crippen molar-refractivity contribution in [2.24, 2.45) is 0 Å². The third-order valence-electron chi connectivity index (χ3n) is 2.28. The summed E-state index contributed by atoms with van der Waals surface area (Å²) in [6.45, 7) is 2.82. The Morgan fingerprint density at radius 2 is 2.17 bits per heavy atom. The molecule has 18 heavy (non-hydrogen) atoms. The predicted octanol–water partition coefficient (Wildman–Crippen LogP) is 1.52. The fraction of sp³-hybridized carbons (Fsp3) is 0.455. The number of nitrogens with zero attached hydrogens (tertiary/aromatic N) is 4. The molecule has 2 aromatic heterocycles. The molecular weight excluding hydrogens is 248 g/mol. The summed E-state index contributed by atoms with van der Waals surface area (Å²) in [6, 6.07) is 0. The van der Waals surface area contributed by atoms with Crippen molar-refractivity contribution < 1.29 is 0 Å². The summed E-state index contributed by atoms with van der Waals surface area (Å²) < 4.78 is 0. The Morgan fingerprint density at radius 1 is 1.28 bits per heavy atom. The third-order valence-corrected chi connectivity index (χ3v) is 3.12. The van der Waals surface area contributed by atoms with Gasteiger partial charge in [-0.3, -0.25) is 0 Å². The minimum atomic E-state index is 0.269. The first-order chi connectivity index (χ1) is 8.78. The molecule has 6 nitrogen and oxygen atoms in total. The Kier molecular flexibility index (Phi) is 4.40. The Labute approximate surface area is 110 Å². The van der Waals surface area contributed by atoms with Gasteiger partial charge in [-0.25, -0.2) is 4.98 Å². The number of hydrogen-bond donors (Lipinski definition) is 2. The molecule has 96 valence electrons. The van der Waals surface area contributed by atoms with Crippen LogP contribution in [0.5, 0.6) is 0 Å². The van der Waals surface area contributed by atoms with E-state index < -0.39 is 0 Å². The molecule has 0 unspecified atom stereocenters. The van der Waals surface area contributed by atoms with E-state index in [4.69, 9.17) is 5.73 Å². The van der Waals surface area contributed by atoms with Gasteiger partial charge in [0.2, 0.25) is 11.9 Å². The van der Waals surface area contributed by atoms with Crippen molar-refractivity contribution in [1.29, 1.82) is 0 Å². The van der Waals surface area contributed by atoms with Crippen molar-refractivity contribution in [3.8, 4) is 0 Å². The molecule has 2 rings (SSSR count). The molecule has 2 aromatic rings. The summed E-state index contributed by atoms with van der Waals surface area (Å²) >= 11 is 1.64. The van der Waals surface area contributed by atoms with Crippen molar-refractivity contribution in [2.45, 2.75) is 26.2 Å². The second kappa shape index (κ2) is 6.25. The summed E-state index contributed by atoms with van der Waals surface area (Å²) in [5.41, 5.74) is 5.64. The number of rotatable bonds is 6. The molecule has 3 N–H and O–H groups in total. The Bertz CT molecular complexity index is 484. The zero-order valence-electron chi connectivity index (χ0n) is 10.3. The lowest BCUT2D eigenvalue weighted by Crippen LogP contribution is -2.12. The lowest BCUT2D eigenvalue weighted by atomic mass is 10.3. The van der Waals surface area contributed by atoms with Gasteiger partial charge in [0.05, 0.1) is 5.01 Å². The van der Waals surface area contributed by atoms with Crippen molar-refractivity contribution in [1.82, 2.24) is 19.9 Å². The van der Waals surface area contributed by atoms with Crippen LogP contribution in [0.25, 0.3) is 0 Å². The van der Waals surface area contributed by atoms with E-state index in [2.05, 4.69) is 32.2 Å². The molecule has 0 spiro atoms. The van der Waals surface area contributed by atoms with E-state index in [0.29, 0.717) is 5.95 Å². The van der Waals surface area contributed by atoms with Crippen LogP contribution in [0.15, 0.2) is 11.6 Å². The first-order valence-electron chi connectivity index (χ1n) is 5.90. The van der Waals surface area contributed by atoms with Crippen LogP contribution >= 0.6 is 11.3 Å². The molecule has 0 aliphatic heterocycles. The molecule has 2 heterocycles. The molecule has 0 aliphatic rings. The Morgan fingerprint density at radius 3 is 2.89 bits per heavy atom. The van der Waals surface area contributed by atoms with Crippen LogP contribution < -0.4 is 11.1 Å². The van der Waals surface area contributed by atoms with Crippen molar-refractivity contribution in [2.75, 3.05) is 17.6 Å². The fourth-order valence-corrected chi connectivity index (χ4v) is 2.13. The number of anilines is 2. The van der Waals surface area contributed by atoms with Crippen molar-refractivity contribution in [3.63, 3.8) is 0 Å². The molecule has 7 heteroatoms. The topological polar surface area (TPSA) is 89.6 Å². The highest BCUT2D eigenvalue weighted by Gasteiger charge is 2.03. The summed E-state index contributed by atoms with van der Waals surface area (Å²) in [6.07, 6.45) is 4.46. The summed E-state index contributed by atoms with van der Waals surface area (Å²) in [5.74, 6) is 1.55. The van der Waals surface area contributed by atoms with Crippen LogP contribution in [0.3, 0.4) is 0 Å². The number of aromatic nitrogens is 4. The molecule has 0 bridgehead atoms. The first kappa shape index (κ1) is 12.7. The predicted molar refractivity (Wildman–Crippen MR) is 72.5 cm³/mol.